The molecule has 0 atom stereocenters. The number of piperazine rings is 1. The average molecular weight is 395 g/mol. The van der Waals surface area contributed by atoms with Gasteiger partial charge in [-0.2, -0.15) is 4.31 Å². The van der Waals surface area contributed by atoms with Gasteiger partial charge >= 0.3 is 0 Å². The fraction of sp³-hybridized carbons (Fsp3) is 0.529. The lowest BCUT2D eigenvalue weighted by atomic mass is 9.96. The summed E-state index contributed by atoms with van der Waals surface area (Å²) in [6.45, 7) is 2.31. The molecule has 3 aliphatic rings. The molecule has 2 fully saturated rings. The minimum absolute atomic E-state index is 0.0158. The van der Waals surface area contributed by atoms with Gasteiger partial charge in [0.15, 0.2) is 11.5 Å². The molecule has 1 aromatic rings. The second-order valence-corrected chi connectivity index (χ2v) is 8.94. The van der Waals surface area contributed by atoms with Crippen molar-refractivity contribution in [3.8, 4) is 11.5 Å². The number of rotatable bonds is 3. The van der Waals surface area contributed by atoms with Crippen LogP contribution in [0.3, 0.4) is 0 Å². The number of amides is 2. The van der Waals surface area contributed by atoms with E-state index in [1.807, 2.05) is 0 Å². The summed E-state index contributed by atoms with van der Waals surface area (Å²) < 4.78 is 35.0. The number of ether oxygens (including phenoxy) is 2. The summed E-state index contributed by atoms with van der Waals surface area (Å²) in [5, 5.41) is 0. The van der Waals surface area contributed by atoms with Crippen molar-refractivity contribution in [2.75, 3.05) is 52.3 Å². The zero-order valence-electron chi connectivity index (χ0n) is 15.0. The molecule has 0 bridgehead atoms. The third-order valence-electron chi connectivity index (χ3n) is 5.16. The smallest absolute Gasteiger partial charge is 0.254 e. The van der Waals surface area contributed by atoms with Gasteiger partial charge in [-0.3, -0.25) is 9.59 Å². The van der Waals surface area contributed by atoms with Gasteiger partial charge in [0.25, 0.3) is 5.91 Å². The van der Waals surface area contributed by atoms with Gasteiger partial charge in [0, 0.05) is 44.8 Å². The number of sulfonamides is 1. The minimum atomic E-state index is -3.22. The van der Waals surface area contributed by atoms with Crippen LogP contribution in [-0.2, 0) is 14.8 Å². The quantitative estimate of drug-likeness (QED) is 0.690. The van der Waals surface area contributed by atoms with Gasteiger partial charge in [0.05, 0.1) is 12.2 Å². The number of carbonyl (C=O) groups is 2. The topological polar surface area (TPSA) is 96.5 Å². The van der Waals surface area contributed by atoms with E-state index in [-0.39, 0.29) is 24.5 Å². The predicted octanol–water partition coefficient (Wildman–Crippen LogP) is -0.409. The summed E-state index contributed by atoms with van der Waals surface area (Å²) in [5.41, 5.74) is 0.506. The molecule has 4 rings (SSSR count). The van der Waals surface area contributed by atoms with Crippen LogP contribution in [0.4, 0.5) is 0 Å². The maximum atomic E-state index is 12.6. The molecule has 0 radical (unpaired) electrons. The highest BCUT2D eigenvalue weighted by molar-refractivity contribution is 7.88. The summed E-state index contributed by atoms with van der Waals surface area (Å²) in [6.07, 6.45) is 1.18. The van der Waals surface area contributed by atoms with Gasteiger partial charge in [-0.05, 0) is 18.2 Å². The SMILES string of the molecule is CS(=O)(=O)N1CCN(C(=O)C2CN(C(=O)c3ccc4c(c3)OCO4)C2)CC1. The molecule has 0 spiro atoms. The second kappa shape index (κ2) is 6.68. The highest BCUT2D eigenvalue weighted by atomic mass is 32.2. The Hall–Kier alpha value is -2.33. The first kappa shape index (κ1) is 18.1. The molecular weight excluding hydrogens is 374 g/mol. The monoisotopic (exact) mass is 395 g/mol. The third kappa shape index (κ3) is 3.46. The lowest BCUT2D eigenvalue weighted by Gasteiger charge is -2.42. The standard InChI is InChI=1S/C17H21N3O6S/c1-27(23,24)20-6-4-18(5-7-20)17(22)13-9-19(10-13)16(21)12-2-3-14-15(8-12)26-11-25-14/h2-3,8,13H,4-7,9-11H2,1H3. The van der Waals surface area contributed by atoms with Gasteiger partial charge < -0.3 is 19.3 Å². The first-order valence-electron chi connectivity index (χ1n) is 8.76. The molecule has 9 nitrogen and oxygen atoms in total. The van der Waals surface area contributed by atoms with E-state index in [0.717, 1.165) is 0 Å². The Bertz CT molecular complexity index is 873. The lowest BCUT2D eigenvalue weighted by molar-refractivity contribution is -0.141. The van der Waals surface area contributed by atoms with E-state index >= 15 is 0 Å². The fourth-order valence-corrected chi connectivity index (χ4v) is 4.34. The summed E-state index contributed by atoms with van der Waals surface area (Å²) in [7, 11) is -3.22. The van der Waals surface area contributed by atoms with Gasteiger partial charge in [-0.25, -0.2) is 8.42 Å². The molecule has 1 aromatic carbocycles. The molecule has 10 heteroatoms. The molecule has 0 aliphatic carbocycles. The Morgan fingerprint density at radius 2 is 1.67 bits per heavy atom. The third-order valence-corrected chi connectivity index (χ3v) is 6.46. The van der Waals surface area contributed by atoms with Gasteiger partial charge in [-0.1, -0.05) is 0 Å². The number of benzene rings is 1. The number of hydrogen-bond donors (Lipinski definition) is 0. The molecule has 0 N–H and O–H groups in total. The maximum Gasteiger partial charge on any atom is 0.254 e. The zero-order chi connectivity index (χ0) is 19.2. The largest absolute Gasteiger partial charge is 0.454 e. The van der Waals surface area contributed by atoms with Crippen molar-refractivity contribution < 1.29 is 27.5 Å². The molecule has 3 aliphatic heterocycles. The predicted molar refractivity (Wildman–Crippen MR) is 95.0 cm³/mol. The highest BCUT2D eigenvalue weighted by Crippen LogP contribution is 2.33. The van der Waals surface area contributed by atoms with Crippen LogP contribution in [-0.4, -0.2) is 86.7 Å². The normalized spacial score (nSPS) is 20.5. The van der Waals surface area contributed by atoms with E-state index in [1.54, 1.807) is 28.0 Å². The van der Waals surface area contributed by atoms with Crippen LogP contribution in [0.15, 0.2) is 18.2 Å². The number of carbonyl (C=O) groups excluding carboxylic acids is 2. The van der Waals surface area contributed by atoms with Crippen LogP contribution in [0.25, 0.3) is 0 Å². The fourth-order valence-electron chi connectivity index (χ4n) is 3.51. The summed E-state index contributed by atoms with van der Waals surface area (Å²) >= 11 is 0. The minimum Gasteiger partial charge on any atom is -0.454 e. The van der Waals surface area contributed by atoms with Gasteiger partial charge in [0.2, 0.25) is 22.7 Å². The van der Waals surface area contributed by atoms with Crippen LogP contribution >= 0.6 is 0 Å². The number of hydrogen-bond acceptors (Lipinski definition) is 6. The Morgan fingerprint density at radius 1 is 1.00 bits per heavy atom. The van der Waals surface area contributed by atoms with E-state index in [1.165, 1.54) is 10.6 Å². The summed E-state index contributed by atoms with van der Waals surface area (Å²) in [5.74, 6) is 0.791. The van der Waals surface area contributed by atoms with Crippen LogP contribution in [0.5, 0.6) is 11.5 Å². The van der Waals surface area contributed by atoms with E-state index in [9.17, 15) is 18.0 Å². The van der Waals surface area contributed by atoms with Crippen molar-refractivity contribution >= 4 is 21.8 Å². The molecule has 3 heterocycles. The molecule has 146 valence electrons. The van der Waals surface area contributed by atoms with Gasteiger partial charge in [0.1, 0.15) is 0 Å². The first-order valence-corrected chi connectivity index (χ1v) is 10.6. The Kier molecular flexibility index (Phi) is 4.47. The summed E-state index contributed by atoms with van der Waals surface area (Å²) in [4.78, 5) is 28.5. The van der Waals surface area contributed by atoms with E-state index in [0.29, 0.717) is 56.3 Å². The van der Waals surface area contributed by atoms with E-state index in [4.69, 9.17) is 9.47 Å². The van der Waals surface area contributed by atoms with Crippen molar-refractivity contribution in [2.45, 2.75) is 0 Å². The molecule has 0 aromatic heterocycles. The lowest BCUT2D eigenvalue weighted by Crippen LogP contribution is -2.59. The van der Waals surface area contributed by atoms with Crippen LogP contribution in [0, 0.1) is 5.92 Å². The number of likely N-dealkylation sites (tertiary alicyclic amines) is 1. The zero-order valence-corrected chi connectivity index (χ0v) is 15.8. The van der Waals surface area contributed by atoms with Crippen molar-refractivity contribution in [3.05, 3.63) is 23.8 Å². The Morgan fingerprint density at radius 3 is 2.33 bits per heavy atom. The molecule has 0 unspecified atom stereocenters. The molecule has 2 amide bonds. The number of fused-ring (bicyclic) bond motifs is 1. The van der Waals surface area contributed by atoms with Crippen molar-refractivity contribution in [1.29, 1.82) is 0 Å². The number of nitrogens with zero attached hydrogens (tertiary/aromatic N) is 3. The molecule has 0 saturated carbocycles. The average Bonchev–Trinajstić information content (AvgIpc) is 3.07. The van der Waals surface area contributed by atoms with Gasteiger partial charge in [-0.15, -0.1) is 0 Å². The highest BCUT2D eigenvalue weighted by Gasteiger charge is 2.39. The Labute approximate surface area is 157 Å². The van der Waals surface area contributed by atoms with E-state index < -0.39 is 10.0 Å². The van der Waals surface area contributed by atoms with Crippen molar-refractivity contribution in [2.24, 2.45) is 5.92 Å². The Balaban J connectivity index is 1.30. The van der Waals surface area contributed by atoms with E-state index in [2.05, 4.69) is 0 Å². The maximum absolute atomic E-state index is 12.6. The van der Waals surface area contributed by atoms with Crippen LogP contribution < -0.4 is 9.47 Å². The second-order valence-electron chi connectivity index (χ2n) is 6.96. The van der Waals surface area contributed by atoms with Crippen molar-refractivity contribution in [1.82, 2.24) is 14.1 Å². The van der Waals surface area contributed by atoms with Crippen LogP contribution in [0.2, 0.25) is 0 Å². The molecule has 27 heavy (non-hydrogen) atoms. The molecular formula is C17H21N3O6S. The van der Waals surface area contributed by atoms with Crippen molar-refractivity contribution in [3.63, 3.8) is 0 Å². The summed E-state index contributed by atoms with van der Waals surface area (Å²) in [6, 6.07) is 5.05. The molecule has 2 saturated heterocycles. The van der Waals surface area contributed by atoms with Crippen LogP contribution in [0.1, 0.15) is 10.4 Å². The first-order chi connectivity index (χ1) is 12.8.